The molecular weight excluding hydrogens is 262 g/mol. The molecule has 1 aromatic heterocycles. The molecule has 0 unspecified atom stereocenters. The second kappa shape index (κ2) is 6.38. The van der Waals surface area contributed by atoms with Crippen LogP contribution in [0.2, 0.25) is 5.02 Å². The minimum absolute atomic E-state index is 0.0137. The van der Waals surface area contributed by atoms with Gasteiger partial charge in [0.25, 0.3) is 0 Å². The number of aromatic nitrogens is 2. The molecule has 0 aliphatic carbocycles. The van der Waals surface area contributed by atoms with E-state index in [2.05, 4.69) is 10.4 Å². The highest BCUT2D eigenvalue weighted by molar-refractivity contribution is 6.31. The number of amides is 1. The fourth-order valence-corrected chi connectivity index (χ4v) is 1.96. The van der Waals surface area contributed by atoms with Crippen LogP contribution in [-0.4, -0.2) is 15.7 Å². The van der Waals surface area contributed by atoms with Gasteiger partial charge in [0.1, 0.15) is 0 Å². The van der Waals surface area contributed by atoms with Gasteiger partial charge in [0.05, 0.1) is 18.4 Å². The summed E-state index contributed by atoms with van der Waals surface area (Å²) in [6, 6.07) is 7.64. The van der Waals surface area contributed by atoms with E-state index in [1.54, 1.807) is 17.1 Å². The van der Waals surface area contributed by atoms with Crippen LogP contribution in [0.1, 0.15) is 25.3 Å². The molecule has 19 heavy (non-hydrogen) atoms. The highest BCUT2D eigenvalue weighted by Crippen LogP contribution is 2.16. The molecule has 2 aromatic rings. The average Bonchev–Trinajstić information content (AvgIpc) is 2.80. The van der Waals surface area contributed by atoms with Crippen molar-refractivity contribution in [3.63, 3.8) is 0 Å². The van der Waals surface area contributed by atoms with E-state index in [0.717, 1.165) is 17.0 Å². The Bertz CT molecular complexity index is 565. The zero-order valence-corrected chi connectivity index (χ0v) is 11.5. The zero-order valence-electron chi connectivity index (χ0n) is 10.8. The predicted molar refractivity (Wildman–Crippen MR) is 76.3 cm³/mol. The second-order valence-corrected chi connectivity index (χ2v) is 4.72. The van der Waals surface area contributed by atoms with Gasteiger partial charge >= 0.3 is 0 Å². The molecule has 1 heterocycles. The number of rotatable bonds is 5. The van der Waals surface area contributed by atoms with Gasteiger partial charge in [-0.1, -0.05) is 36.7 Å². The van der Waals surface area contributed by atoms with Gasteiger partial charge in [-0.25, -0.2) is 0 Å². The summed E-state index contributed by atoms with van der Waals surface area (Å²) < 4.78 is 1.75. The summed E-state index contributed by atoms with van der Waals surface area (Å²) in [4.78, 5) is 11.5. The fraction of sp³-hybridized carbons (Fsp3) is 0.286. The van der Waals surface area contributed by atoms with Crippen molar-refractivity contribution in [2.45, 2.75) is 26.3 Å². The van der Waals surface area contributed by atoms with Crippen LogP contribution in [0, 0.1) is 0 Å². The van der Waals surface area contributed by atoms with Crippen molar-refractivity contribution in [1.82, 2.24) is 9.78 Å². The van der Waals surface area contributed by atoms with Crippen LogP contribution in [0.15, 0.2) is 36.7 Å². The Kier molecular flexibility index (Phi) is 4.58. The first-order valence-electron chi connectivity index (χ1n) is 6.24. The average molecular weight is 278 g/mol. The van der Waals surface area contributed by atoms with E-state index in [9.17, 15) is 4.79 Å². The van der Waals surface area contributed by atoms with E-state index in [1.807, 2.05) is 31.2 Å². The Hall–Kier alpha value is -1.81. The number of carbonyl (C=O) groups excluding carboxylic acids is 1. The van der Waals surface area contributed by atoms with Crippen molar-refractivity contribution < 1.29 is 4.79 Å². The Labute approximate surface area is 117 Å². The summed E-state index contributed by atoms with van der Waals surface area (Å²) in [5, 5.41) is 7.73. The monoisotopic (exact) mass is 277 g/mol. The molecule has 0 aliphatic heterocycles. The lowest BCUT2D eigenvalue weighted by molar-refractivity contribution is -0.116. The van der Waals surface area contributed by atoms with Crippen LogP contribution in [0.25, 0.3) is 0 Å². The topological polar surface area (TPSA) is 46.9 Å². The van der Waals surface area contributed by atoms with Gasteiger partial charge in [0, 0.05) is 17.6 Å². The van der Waals surface area contributed by atoms with E-state index in [4.69, 9.17) is 11.6 Å². The molecule has 0 saturated carbocycles. The maximum absolute atomic E-state index is 11.5. The van der Waals surface area contributed by atoms with Crippen LogP contribution in [0.4, 0.5) is 5.69 Å². The van der Waals surface area contributed by atoms with E-state index >= 15 is 0 Å². The Morgan fingerprint density at radius 2 is 2.21 bits per heavy atom. The van der Waals surface area contributed by atoms with Crippen LogP contribution < -0.4 is 5.32 Å². The third-order valence-corrected chi connectivity index (χ3v) is 3.05. The molecule has 1 amide bonds. The molecule has 4 nitrogen and oxygen atoms in total. The molecule has 0 bridgehead atoms. The molecule has 1 aromatic carbocycles. The lowest BCUT2D eigenvalue weighted by atomic mass is 10.2. The second-order valence-electron chi connectivity index (χ2n) is 4.32. The standard InChI is InChI=1S/C14H16ClN3O/c1-2-5-14(19)17-12-8-16-18(10-12)9-11-6-3-4-7-13(11)15/h3-4,6-8,10H,2,5,9H2,1H3,(H,17,19). The number of benzene rings is 1. The van der Waals surface area contributed by atoms with E-state index in [0.29, 0.717) is 18.7 Å². The molecule has 5 heteroatoms. The quantitative estimate of drug-likeness (QED) is 0.911. The van der Waals surface area contributed by atoms with Crippen LogP contribution in [0.3, 0.4) is 0 Å². The van der Waals surface area contributed by atoms with Crippen molar-refractivity contribution >= 4 is 23.2 Å². The smallest absolute Gasteiger partial charge is 0.224 e. The third-order valence-electron chi connectivity index (χ3n) is 2.68. The predicted octanol–water partition coefficient (Wildman–Crippen LogP) is 3.32. The first-order chi connectivity index (χ1) is 9.19. The molecule has 0 radical (unpaired) electrons. The van der Waals surface area contributed by atoms with Crippen molar-refractivity contribution in [2.75, 3.05) is 5.32 Å². The lowest BCUT2D eigenvalue weighted by Crippen LogP contribution is -2.09. The molecule has 2 rings (SSSR count). The van der Waals surface area contributed by atoms with Crippen molar-refractivity contribution in [2.24, 2.45) is 0 Å². The summed E-state index contributed by atoms with van der Waals surface area (Å²) in [5.41, 5.74) is 1.71. The number of nitrogens with one attached hydrogen (secondary N) is 1. The molecule has 0 spiro atoms. The number of anilines is 1. The van der Waals surface area contributed by atoms with E-state index in [-0.39, 0.29) is 5.91 Å². The van der Waals surface area contributed by atoms with Gasteiger partial charge in [-0.2, -0.15) is 5.10 Å². The Morgan fingerprint density at radius 3 is 2.95 bits per heavy atom. The molecule has 1 N–H and O–H groups in total. The van der Waals surface area contributed by atoms with Gasteiger partial charge in [-0.05, 0) is 18.1 Å². The van der Waals surface area contributed by atoms with Gasteiger partial charge in [0.2, 0.25) is 5.91 Å². The Balaban J connectivity index is 2.02. The number of carbonyl (C=O) groups is 1. The Morgan fingerprint density at radius 1 is 1.42 bits per heavy atom. The first-order valence-corrected chi connectivity index (χ1v) is 6.62. The van der Waals surface area contributed by atoms with Gasteiger partial charge < -0.3 is 5.32 Å². The van der Waals surface area contributed by atoms with Gasteiger partial charge in [-0.15, -0.1) is 0 Å². The fourth-order valence-electron chi connectivity index (χ4n) is 1.77. The zero-order chi connectivity index (χ0) is 13.7. The minimum atomic E-state index is 0.0137. The van der Waals surface area contributed by atoms with Crippen LogP contribution >= 0.6 is 11.6 Å². The highest BCUT2D eigenvalue weighted by Gasteiger charge is 2.05. The third kappa shape index (κ3) is 3.83. The SMILES string of the molecule is CCCC(=O)Nc1cnn(Cc2ccccc2Cl)c1. The van der Waals surface area contributed by atoms with Crippen molar-refractivity contribution in [3.05, 3.63) is 47.2 Å². The van der Waals surface area contributed by atoms with Gasteiger partial charge in [0.15, 0.2) is 0 Å². The molecule has 0 fully saturated rings. The van der Waals surface area contributed by atoms with Crippen molar-refractivity contribution in [1.29, 1.82) is 0 Å². The molecule has 0 aliphatic rings. The summed E-state index contributed by atoms with van der Waals surface area (Å²) in [7, 11) is 0. The van der Waals surface area contributed by atoms with E-state index in [1.165, 1.54) is 0 Å². The largest absolute Gasteiger partial charge is 0.323 e. The summed E-state index contributed by atoms with van der Waals surface area (Å²) in [6.45, 7) is 2.56. The summed E-state index contributed by atoms with van der Waals surface area (Å²) in [5.74, 6) is 0.0137. The highest BCUT2D eigenvalue weighted by atomic mass is 35.5. The molecule has 0 saturated heterocycles. The maximum atomic E-state index is 11.5. The van der Waals surface area contributed by atoms with Gasteiger partial charge in [-0.3, -0.25) is 9.48 Å². The minimum Gasteiger partial charge on any atom is -0.323 e. The number of halogens is 1. The number of nitrogens with zero attached hydrogens (tertiary/aromatic N) is 2. The lowest BCUT2D eigenvalue weighted by Gasteiger charge is -2.04. The molecular formula is C14H16ClN3O. The maximum Gasteiger partial charge on any atom is 0.224 e. The first kappa shape index (κ1) is 13.6. The molecule has 100 valence electrons. The van der Waals surface area contributed by atoms with E-state index < -0.39 is 0 Å². The van der Waals surface area contributed by atoms with Crippen LogP contribution in [0.5, 0.6) is 0 Å². The van der Waals surface area contributed by atoms with Crippen molar-refractivity contribution in [3.8, 4) is 0 Å². The molecule has 0 atom stereocenters. The van der Waals surface area contributed by atoms with Crippen LogP contribution in [-0.2, 0) is 11.3 Å². The number of hydrogen-bond acceptors (Lipinski definition) is 2. The summed E-state index contributed by atoms with van der Waals surface area (Å²) in [6.07, 6.45) is 4.80. The normalized spacial score (nSPS) is 10.4. The summed E-state index contributed by atoms with van der Waals surface area (Å²) >= 11 is 6.10. The number of hydrogen-bond donors (Lipinski definition) is 1.